The molecule has 0 fully saturated rings. The van der Waals surface area contributed by atoms with Crippen LogP contribution in [0.2, 0.25) is 0 Å². The van der Waals surface area contributed by atoms with Crippen LogP contribution in [0.1, 0.15) is 11.5 Å². The number of hydrogen-bond acceptors (Lipinski definition) is 2. The number of rotatable bonds is 2. The molecule has 1 aromatic carbocycles. The van der Waals surface area contributed by atoms with Gasteiger partial charge in [0.15, 0.2) is 0 Å². The van der Waals surface area contributed by atoms with E-state index in [2.05, 4.69) is 12.6 Å². The molecule has 0 bridgehead atoms. The van der Waals surface area contributed by atoms with Gasteiger partial charge in [0.2, 0.25) is 5.91 Å². The molecule has 0 saturated heterocycles. The number of anilines is 1. The lowest BCUT2D eigenvalue weighted by Crippen LogP contribution is -2.42. The van der Waals surface area contributed by atoms with Crippen molar-refractivity contribution in [1.29, 1.82) is 0 Å². The van der Waals surface area contributed by atoms with Crippen molar-refractivity contribution in [3.8, 4) is 0 Å². The summed E-state index contributed by atoms with van der Waals surface area (Å²) in [6.45, 7) is 3.86. The molecule has 16 heavy (non-hydrogen) atoms. The van der Waals surface area contributed by atoms with Crippen molar-refractivity contribution in [2.75, 3.05) is 18.2 Å². The van der Waals surface area contributed by atoms with Gasteiger partial charge in [0, 0.05) is 18.7 Å². The molecular weight excluding hydrogens is 218 g/mol. The molecule has 3 heteroatoms. The van der Waals surface area contributed by atoms with E-state index in [1.165, 1.54) is 5.56 Å². The Hall–Kier alpha value is -1.22. The Labute approximate surface area is 100 Å². The van der Waals surface area contributed by atoms with Crippen LogP contribution < -0.4 is 4.90 Å². The van der Waals surface area contributed by atoms with E-state index in [1.807, 2.05) is 37.6 Å². The van der Waals surface area contributed by atoms with Crippen molar-refractivity contribution in [2.45, 2.75) is 11.2 Å². The molecule has 0 N–H and O–H groups in total. The van der Waals surface area contributed by atoms with Gasteiger partial charge in [-0.3, -0.25) is 4.79 Å². The number of fused-ring (bicyclic) bond motifs is 1. The second-order valence-corrected chi connectivity index (χ2v) is 4.85. The highest BCUT2D eigenvalue weighted by Gasteiger charge is 2.36. The molecule has 0 aliphatic carbocycles. The lowest BCUT2D eigenvalue weighted by molar-refractivity contribution is -0.118. The molecule has 84 valence electrons. The molecule has 0 aromatic heterocycles. The van der Waals surface area contributed by atoms with Crippen LogP contribution in [0.4, 0.5) is 5.69 Å². The number of benzene rings is 1. The number of thioether (sulfide) groups is 1. The van der Waals surface area contributed by atoms with Gasteiger partial charge in [0.05, 0.1) is 5.25 Å². The molecule has 2 unspecified atom stereocenters. The summed E-state index contributed by atoms with van der Waals surface area (Å²) in [5.74, 6) is 0.283. The van der Waals surface area contributed by atoms with Crippen molar-refractivity contribution >= 4 is 23.4 Å². The first-order valence-corrected chi connectivity index (χ1v) is 6.51. The third kappa shape index (κ3) is 1.55. The predicted octanol–water partition coefficient (Wildman–Crippen LogP) is 2.66. The SMILES string of the molecule is C=CC1c2ccccc2N(C)C(=O)C1SC. The molecule has 0 spiro atoms. The monoisotopic (exact) mass is 233 g/mol. The van der Waals surface area contributed by atoms with Crippen molar-refractivity contribution in [2.24, 2.45) is 0 Å². The third-order valence-electron chi connectivity index (χ3n) is 3.07. The maximum absolute atomic E-state index is 12.1. The minimum absolute atomic E-state index is 0.0441. The first-order chi connectivity index (χ1) is 7.70. The van der Waals surface area contributed by atoms with Crippen LogP contribution in [0.25, 0.3) is 0 Å². The van der Waals surface area contributed by atoms with Crippen molar-refractivity contribution in [1.82, 2.24) is 0 Å². The van der Waals surface area contributed by atoms with Crippen LogP contribution in [-0.4, -0.2) is 24.5 Å². The Balaban J connectivity index is 2.57. The lowest BCUT2D eigenvalue weighted by Gasteiger charge is -2.35. The average Bonchev–Trinajstić information content (AvgIpc) is 2.33. The number of carbonyl (C=O) groups is 1. The summed E-state index contributed by atoms with van der Waals surface area (Å²) in [6, 6.07) is 8.03. The quantitative estimate of drug-likeness (QED) is 0.732. The molecule has 1 amide bonds. The molecule has 1 aromatic rings. The zero-order valence-corrected chi connectivity index (χ0v) is 10.3. The van der Waals surface area contributed by atoms with E-state index >= 15 is 0 Å². The van der Waals surface area contributed by atoms with Crippen LogP contribution >= 0.6 is 11.8 Å². The summed E-state index contributed by atoms with van der Waals surface area (Å²) in [5.41, 5.74) is 2.20. The number of carbonyl (C=O) groups excluding carboxylic acids is 1. The molecular formula is C13H15NOS. The summed E-state index contributed by atoms with van der Waals surface area (Å²) in [6.07, 6.45) is 3.85. The minimum atomic E-state index is -0.0441. The molecule has 0 saturated carbocycles. The summed E-state index contributed by atoms with van der Waals surface area (Å²) in [7, 11) is 1.84. The van der Waals surface area contributed by atoms with Gasteiger partial charge in [-0.05, 0) is 17.9 Å². The molecule has 2 atom stereocenters. The molecule has 1 heterocycles. The predicted molar refractivity (Wildman–Crippen MR) is 70.1 cm³/mol. The molecule has 1 aliphatic heterocycles. The van der Waals surface area contributed by atoms with Crippen molar-refractivity contribution < 1.29 is 4.79 Å². The van der Waals surface area contributed by atoms with Gasteiger partial charge in [-0.2, -0.15) is 11.8 Å². The third-order valence-corrected chi connectivity index (χ3v) is 4.07. The summed E-state index contributed by atoms with van der Waals surface area (Å²) in [4.78, 5) is 13.9. The summed E-state index contributed by atoms with van der Waals surface area (Å²) < 4.78 is 0. The van der Waals surface area contributed by atoms with Crippen LogP contribution in [-0.2, 0) is 4.79 Å². The maximum Gasteiger partial charge on any atom is 0.240 e. The number of para-hydroxylation sites is 1. The molecule has 0 radical (unpaired) electrons. The Kier molecular flexibility index (Phi) is 3.06. The van der Waals surface area contributed by atoms with Gasteiger partial charge in [0.1, 0.15) is 0 Å². The summed E-state index contributed by atoms with van der Waals surface area (Å²) in [5, 5.41) is -0.0441. The lowest BCUT2D eigenvalue weighted by atomic mass is 9.89. The standard InChI is InChI=1S/C13H15NOS/c1-4-9-10-7-5-6-8-11(10)14(2)13(15)12(9)16-3/h4-9,12H,1H2,2-3H3. The zero-order chi connectivity index (χ0) is 11.7. The number of nitrogens with zero attached hydrogens (tertiary/aromatic N) is 1. The highest BCUT2D eigenvalue weighted by atomic mass is 32.2. The first kappa shape index (κ1) is 11.3. The van der Waals surface area contributed by atoms with E-state index < -0.39 is 0 Å². The van der Waals surface area contributed by atoms with Crippen LogP contribution in [0.5, 0.6) is 0 Å². The Morgan fingerprint density at radius 1 is 1.44 bits per heavy atom. The van der Waals surface area contributed by atoms with Gasteiger partial charge in [0.25, 0.3) is 0 Å². The second kappa shape index (κ2) is 4.34. The highest BCUT2D eigenvalue weighted by molar-refractivity contribution is 8.00. The highest BCUT2D eigenvalue weighted by Crippen LogP contribution is 2.40. The molecule has 2 nitrogen and oxygen atoms in total. The Morgan fingerprint density at radius 2 is 2.12 bits per heavy atom. The first-order valence-electron chi connectivity index (χ1n) is 5.22. The second-order valence-electron chi connectivity index (χ2n) is 3.87. The summed E-state index contributed by atoms with van der Waals surface area (Å²) >= 11 is 1.59. The van der Waals surface area contributed by atoms with E-state index in [1.54, 1.807) is 16.7 Å². The van der Waals surface area contributed by atoms with Crippen LogP contribution in [0.15, 0.2) is 36.9 Å². The van der Waals surface area contributed by atoms with Gasteiger partial charge < -0.3 is 4.90 Å². The zero-order valence-electron chi connectivity index (χ0n) is 9.51. The normalized spacial score (nSPS) is 24.1. The topological polar surface area (TPSA) is 20.3 Å². The van der Waals surface area contributed by atoms with E-state index in [0.29, 0.717) is 0 Å². The smallest absolute Gasteiger partial charge is 0.240 e. The fourth-order valence-electron chi connectivity index (χ4n) is 2.20. The van der Waals surface area contributed by atoms with E-state index in [0.717, 1.165) is 5.69 Å². The molecule has 2 rings (SSSR count). The minimum Gasteiger partial charge on any atom is -0.314 e. The fourth-order valence-corrected chi connectivity index (χ4v) is 3.11. The number of amides is 1. The number of allylic oxidation sites excluding steroid dienone is 1. The van der Waals surface area contributed by atoms with E-state index in [4.69, 9.17) is 0 Å². The van der Waals surface area contributed by atoms with Crippen LogP contribution in [0.3, 0.4) is 0 Å². The van der Waals surface area contributed by atoms with E-state index in [-0.39, 0.29) is 17.1 Å². The maximum atomic E-state index is 12.1. The van der Waals surface area contributed by atoms with Gasteiger partial charge in [-0.15, -0.1) is 6.58 Å². The Morgan fingerprint density at radius 3 is 2.75 bits per heavy atom. The fraction of sp³-hybridized carbons (Fsp3) is 0.308. The molecule has 1 aliphatic rings. The van der Waals surface area contributed by atoms with Crippen molar-refractivity contribution in [3.63, 3.8) is 0 Å². The average molecular weight is 233 g/mol. The van der Waals surface area contributed by atoms with Gasteiger partial charge in [-0.25, -0.2) is 0 Å². The van der Waals surface area contributed by atoms with E-state index in [9.17, 15) is 4.79 Å². The number of hydrogen-bond donors (Lipinski definition) is 0. The Bertz CT molecular complexity index is 430. The van der Waals surface area contributed by atoms with Crippen molar-refractivity contribution in [3.05, 3.63) is 42.5 Å². The van der Waals surface area contributed by atoms with Gasteiger partial charge in [-0.1, -0.05) is 24.3 Å². The van der Waals surface area contributed by atoms with Crippen LogP contribution in [0, 0.1) is 0 Å². The van der Waals surface area contributed by atoms with Gasteiger partial charge >= 0.3 is 0 Å². The largest absolute Gasteiger partial charge is 0.314 e.